The van der Waals surface area contributed by atoms with E-state index in [2.05, 4.69) is 44.8 Å². The minimum atomic E-state index is -0.225. The van der Waals surface area contributed by atoms with E-state index in [1.165, 1.54) is 0 Å². The molecule has 0 saturated heterocycles. The van der Waals surface area contributed by atoms with Crippen molar-refractivity contribution < 1.29 is 4.52 Å². The maximum atomic E-state index is 6.14. The fraction of sp³-hybridized carbons (Fsp3) is 0.538. The number of likely N-dealkylation sites (N-methyl/N-ethyl adjacent to an activating group) is 1. The first-order valence-electron chi connectivity index (χ1n) is 6.63. The van der Waals surface area contributed by atoms with Gasteiger partial charge in [0.25, 0.3) is 5.89 Å². The van der Waals surface area contributed by atoms with Gasteiger partial charge in [-0.05, 0) is 47.6 Å². The first-order valence-corrected chi connectivity index (χ1v) is 8.23. The highest BCUT2D eigenvalue weighted by Crippen LogP contribution is 2.34. The molecule has 0 bridgehead atoms. The zero-order chi connectivity index (χ0) is 14.7. The molecule has 2 rings (SSSR count). The number of nitrogens with two attached hydrogens (primary N) is 1. The van der Waals surface area contributed by atoms with Crippen molar-refractivity contribution in [3.05, 3.63) is 21.2 Å². The summed E-state index contributed by atoms with van der Waals surface area (Å²) in [6.45, 7) is 8.93. The molecular weight excluding hydrogens is 340 g/mol. The van der Waals surface area contributed by atoms with Crippen LogP contribution >= 0.6 is 27.3 Å². The minimum Gasteiger partial charge on any atom is -0.333 e. The second kappa shape index (κ2) is 6.80. The molecule has 0 aliphatic rings. The van der Waals surface area contributed by atoms with Crippen LogP contribution < -0.4 is 5.73 Å². The molecular formula is C13H19BrN4OS. The van der Waals surface area contributed by atoms with E-state index in [9.17, 15) is 0 Å². The molecule has 0 saturated carbocycles. The molecule has 0 spiro atoms. The van der Waals surface area contributed by atoms with Gasteiger partial charge in [0, 0.05) is 6.54 Å². The summed E-state index contributed by atoms with van der Waals surface area (Å²) in [4.78, 5) is 7.62. The third-order valence-electron chi connectivity index (χ3n) is 3.19. The van der Waals surface area contributed by atoms with Gasteiger partial charge in [-0.2, -0.15) is 4.98 Å². The van der Waals surface area contributed by atoms with Crippen molar-refractivity contribution in [2.75, 3.05) is 19.6 Å². The Balaban J connectivity index is 2.12. The molecule has 2 aromatic heterocycles. The van der Waals surface area contributed by atoms with E-state index in [-0.39, 0.29) is 6.04 Å². The van der Waals surface area contributed by atoms with Crippen molar-refractivity contribution in [3.63, 3.8) is 0 Å². The fourth-order valence-corrected chi connectivity index (χ4v) is 3.35. The van der Waals surface area contributed by atoms with Crippen molar-refractivity contribution in [1.82, 2.24) is 15.0 Å². The van der Waals surface area contributed by atoms with Gasteiger partial charge in [0.1, 0.15) is 0 Å². The summed E-state index contributed by atoms with van der Waals surface area (Å²) in [6.07, 6.45) is 0. The summed E-state index contributed by atoms with van der Waals surface area (Å²) < 4.78 is 6.40. The zero-order valence-electron chi connectivity index (χ0n) is 11.9. The highest BCUT2D eigenvalue weighted by atomic mass is 79.9. The van der Waals surface area contributed by atoms with Gasteiger partial charge in [0.2, 0.25) is 0 Å². The third-order valence-corrected chi connectivity index (χ3v) is 5.32. The Kier molecular flexibility index (Phi) is 5.31. The van der Waals surface area contributed by atoms with Crippen LogP contribution in [0.15, 0.2) is 14.4 Å². The lowest BCUT2D eigenvalue weighted by Gasteiger charge is -2.20. The van der Waals surface area contributed by atoms with Crippen LogP contribution in [0, 0.1) is 6.92 Å². The monoisotopic (exact) mass is 358 g/mol. The molecule has 7 heteroatoms. The van der Waals surface area contributed by atoms with E-state index < -0.39 is 0 Å². The average molecular weight is 359 g/mol. The molecule has 0 aliphatic carbocycles. The number of thiophene rings is 1. The number of hydrogen-bond acceptors (Lipinski definition) is 6. The van der Waals surface area contributed by atoms with Crippen LogP contribution in [0.4, 0.5) is 0 Å². The van der Waals surface area contributed by atoms with Crippen molar-refractivity contribution in [1.29, 1.82) is 0 Å². The highest BCUT2D eigenvalue weighted by Gasteiger charge is 2.18. The van der Waals surface area contributed by atoms with Gasteiger partial charge in [0.15, 0.2) is 5.82 Å². The SMILES string of the molecule is CCN(CC)CC(N)c1noc(-c2cc(C)c(Br)s2)n1. The Morgan fingerprint density at radius 1 is 1.45 bits per heavy atom. The van der Waals surface area contributed by atoms with Gasteiger partial charge in [-0.1, -0.05) is 19.0 Å². The van der Waals surface area contributed by atoms with Crippen LogP contribution in [0.3, 0.4) is 0 Å². The number of nitrogens with zero attached hydrogens (tertiary/aromatic N) is 3. The Morgan fingerprint density at radius 2 is 2.15 bits per heavy atom. The van der Waals surface area contributed by atoms with E-state index in [0.29, 0.717) is 11.7 Å². The lowest BCUT2D eigenvalue weighted by atomic mass is 10.2. The Bertz CT molecular complexity index is 545. The predicted octanol–water partition coefficient (Wildman–Crippen LogP) is 3.21. The zero-order valence-corrected chi connectivity index (χ0v) is 14.3. The van der Waals surface area contributed by atoms with Gasteiger partial charge >= 0.3 is 0 Å². The van der Waals surface area contributed by atoms with Crippen molar-refractivity contribution in [2.24, 2.45) is 5.73 Å². The summed E-state index contributed by atoms with van der Waals surface area (Å²) in [7, 11) is 0. The molecule has 0 fully saturated rings. The lowest BCUT2D eigenvalue weighted by Crippen LogP contribution is -2.32. The lowest BCUT2D eigenvalue weighted by molar-refractivity contribution is 0.278. The summed E-state index contributed by atoms with van der Waals surface area (Å²) in [5.41, 5.74) is 7.31. The van der Waals surface area contributed by atoms with Crippen LogP contribution in [-0.4, -0.2) is 34.7 Å². The smallest absolute Gasteiger partial charge is 0.268 e. The predicted molar refractivity (Wildman–Crippen MR) is 84.8 cm³/mol. The second-order valence-corrected chi connectivity index (χ2v) is 6.99. The number of rotatable bonds is 6. The van der Waals surface area contributed by atoms with Crippen LogP contribution in [-0.2, 0) is 0 Å². The number of aromatic nitrogens is 2. The van der Waals surface area contributed by atoms with Crippen LogP contribution in [0.25, 0.3) is 10.8 Å². The summed E-state index contributed by atoms with van der Waals surface area (Å²) in [6, 6.07) is 1.80. The summed E-state index contributed by atoms with van der Waals surface area (Å²) in [5.74, 6) is 1.10. The molecule has 110 valence electrons. The molecule has 20 heavy (non-hydrogen) atoms. The molecule has 1 unspecified atom stereocenters. The summed E-state index contributed by atoms with van der Waals surface area (Å²) in [5, 5.41) is 4.01. The van der Waals surface area contributed by atoms with E-state index in [1.54, 1.807) is 11.3 Å². The number of aryl methyl sites for hydroxylation is 1. The van der Waals surface area contributed by atoms with Crippen LogP contribution in [0.1, 0.15) is 31.3 Å². The molecule has 0 aliphatic heterocycles. The Hall–Kier alpha value is -0.760. The quantitative estimate of drug-likeness (QED) is 0.858. The molecule has 0 aromatic carbocycles. The van der Waals surface area contributed by atoms with Crippen molar-refractivity contribution in [2.45, 2.75) is 26.8 Å². The molecule has 1 atom stereocenters. The van der Waals surface area contributed by atoms with Gasteiger partial charge < -0.3 is 15.2 Å². The average Bonchev–Trinajstić information content (AvgIpc) is 3.04. The Labute approximate surface area is 131 Å². The van der Waals surface area contributed by atoms with Gasteiger partial charge in [-0.25, -0.2) is 0 Å². The maximum absolute atomic E-state index is 6.14. The van der Waals surface area contributed by atoms with Crippen molar-refractivity contribution >= 4 is 27.3 Å². The van der Waals surface area contributed by atoms with Crippen LogP contribution in [0.5, 0.6) is 0 Å². The van der Waals surface area contributed by atoms with E-state index in [1.807, 2.05) is 13.0 Å². The maximum Gasteiger partial charge on any atom is 0.268 e. The molecule has 0 amide bonds. The van der Waals surface area contributed by atoms with E-state index >= 15 is 0 Å². The van der Waals surface area contributed by atoms with E-state index in [0.717, 1.165) is 33.9 Å². The van der Waals surface area contributed by atoms with Gasteiger partial charge in [-0.15, -0.1) is 11.3 Å². The molecule has 2 aromatic rings. The molecule has 5 nitrogen and oxygen atoms in total. The van der Waals surface area contributed by atoms with Crippen LogP contribution in [0.2, 0.25) is 0 Å². The Morgan fingerprint density at radius 3 is 2.70 bits per heavy atom. The van der Waals surface area contributed by atoms with E-state index in [4.69, 9.17) is 10.3 Å². The normalized spacial score (nSPS) is 13.1. The number of halogens is 1. The first-order chi connectivity index (χ1) is 9.55. The van der Waals surface area contributed by atoms with Gasteiger partial charge in [0.05, 0.1) is 14.7 Å². The fourth-order valence-electron chi connectivity index (χ4n) is 1.89. The molecule has 0 radical (unpaired) electrons. The molecule has 2 heterocycles. The van der Waals surface area contributed by atoms with Gasteiger partial charge in [-0.3, -0.25) is 0 Å². The standard InChI is InChI=1S/C13H19BrN4OS/c1-4-18(5-2)7-9(15)12-16-13(19-17-12)10-6-8(3)11(14)20-10/h6,9H,4-5,7,15H2,1-3H3. The minimum absolute atomic E-state index is 0.225. The second-order valence-electron chi connectivity index (χ2n) is 4.62. The highest BCUT2D eigenvalue weighted by molar-refractivity contribution is 9.11. The topological polar surface area (TPSA) is 68.2 Å². The molecule has 2 N–H and O–H groups in total. The number of hydrogen-bond donors (Lipinski definition) is 1. The largest absolute Gasteiger partial charge is 0.333 e. The summed E-state index contributed by atoms with van der Waals surface area (Å²) >= 11 is 5.08. The third kappa shape index (κ3) is 3.46. The first kappa shape index (κ1) is 15.6. The van der Waals surface area contributed by atoms with Crippen molar-refractivity contribution in [3.8, 4) is 10.8 Å².